The number of aryl methyl sites for hydroxylation is 1. The first-order valence-corrected chi connectivity index (χ1v) is 8.04. The summed E-state index contributed by atoms with van der Waals surface area (Å²) in [5, 5.41) is 0. The van der Waals surface area contributed by atoms with Gasteiger partial charge in [0.25, 0.3) is 0 Å². The molecule has 1 heterocycles. The Morgan fingerprint density at radius 1 is 1.12 bits per heavy atom. The molecule has 0 radical (unpaired) electrons. The molecule has 2 N–H and O–H groups in total. The minimum absolute atomic E-state index is 0.0657. The van der Waals surface area contributed by atoms with Crippen LogP contribution in [0.4, 0.5) is 0 Å². The summed E-state index contributed by atoms with van der Waals surface area (Å²) in [6.07, 6.45) is 1.46. The number of carbonyl (C=O) groups is 1. The number of aromatic nitrogens is 1. The molecule has 0 fully saturated rings. The fraction of sp³-hybridized carbons (Fsp3) is 0.200. The molecule has 1 unspecified atom stereocenters. The van der Waals surface area contributed by atoms with Crippen molar-refractivity contribution in [2.24, 2.45) is 5.73 Å². The molecule has 0 bridgehead atoms. The van der Waals surface area contributed by atoms with Gasteiger partial charge in [-0.05, 0) is 18.1 Å². The van der Waals surface area contributed by atoms with E-state index in [2.05, 4.69) is 4.98 Å². The van der Waals surface area contributed by atoms with Gasteiger partial charge in [0.2, 0.25) is 5.89 Å². The van der Waals surface area contributed by atoms with Crippen LogP contribution in [0.2, 0.25) is 0 Å². The van der Waals surface area contributed by atoms with E-state index in [1.54, 1.807) is 0 Å². The van der Waals surface area contributed by atoms with Crippen LogP contribution >= 0.6 is 0 Å². The van der Waals surface area contributed by atoms with E-state index in [9.17, 15) is 4.79 Å². The summed E-state index contributed by atoms with van der Waals surface area (Å²) < 4.78 is 10.9. The molecule has 0 amide bonds. The number of hydrogen-bond acceptors (Lipinski definition) is 5. The van der Waals surface area contributed by atoms with Crippen molar-refractivity contribution in [3.05, 3.63) is 89.6 Å². The lowest BCUT2D eigenvalue weighted by Crippen LogP contribution is -2.41. The average molecular weight is 336 g/mol. The summed E-state index contributed by atoms with van der Waals surface area (Å²) in [4.78, 5) is 16.7. The van der Waals surface area contributed by atoms with E-state index < -0.39 is 11.5 Å². The quantitative estimate of drug-likeness (QED) is 0.699. The summed E-state index contributed by atoms with van der Waals surface area (Å²) in [6.45, 7) is 2.02. The van der Waals surface area contributed by atoms with Gasteiger partial charge >= 0.3 is 5.97 Å². The predicted octanol–water partition coefficient (Wildman–Crippen LogP) is 3.32. The number of ether oxygens (including phenoxy) is 1. The highest BCUT2D eigenvalue weighted by Gasteiger charge is 2.37. The van der Waals surface area contributed by atoms with E-state index in [1.165, 1.54) is 6.26 Å². The van der Waals surface area contributed by atoms with Crippen molar-refractivity contribution >= 4 is 5.97 Å². The van der Waals surface area contributed by atoms with Crippen LogP contribution in [0.25, 0.3) is 0 Å². The van der Waals surface area contributed by atoms with Crippen molar-refractivity contribution in [3.63, 3.8) is 0 Å². The molecule has 0 saturated heterocycles. The maximum absolute atomic E-state index is 12.4. The van der Waals surface area contributed by atoms with E-state index in [-0.39, 0.29) is 13.0 Å². The zero-order chi connectivity index (χ0) is 17.7. The van der Waals surface area contributed by atoms with Crippen LogP contribution in [0.15, 0.2) is 71.3 Å². The normalized spacial score (nSPS) is 13.2. The molecular weight excluding hydrogens is 316 g/mol. The minimum atomic E-state index is -1.18. The van der Waals surface area contributed by atoms with Gasteiger partial charge < -0.3 is 14.9 Å². The number of oxazole rings is 1. The van der Waals surface area contributed by atoms with Crippen LogP contribution in [-0.2, 0) is 21.7 Å². The Morgan fingerprint density at radius 2 is 1.76 bits per heavy atom. The van der Waals surface area contributed by atoms with E-state index in [4.69, 9.17) is 14.9 Å². The summed E-state index contributed by atoms with van der Waals surface area (Å²) in [5.41, 5.74) is 7.76. The second kappa shape index (κ2) is 7.32. The van der Waals surface area contributed by atoms with Gasteiger partial charge in [0, 0.05) is 0 Å². The van der Waals surface area contributed by atoms with E-state index in [1.807, 2.05) is 67.6 Å². The lowest BCUT2D eigenvalue weighted by atomic mass is 9.87. The van der Waals surface area contributed by atoms with Gasteiger partial charge in [-0.2, -0.15) is 0 Å². The maximum Gasteiger partial charge on any atom is 0.308 e. The molecule has 1 atom stereocenters. The fourth-order valence-electron chi connectivity index (χ4n) is 2.61. The number of rotatable bonds is 6. The van der Waals surface area contributed by atoms with Gasteiger partial charge in [-0.1, -0.05) is 60.7 Å². The highest BCUT2D eigenvalue weighted by atomic mass is 16.5. The van der Waals surface area contributed by atoms with Gasteiger partial charge in [-0.3, -0.25) is 4.79 Å². The summed E-state index contributed by atoms with van der Waals surface area (Å²) in [7, 11) is 0. The van der Waals surface area contributed by atoms with Crippen molar-refractivity contribution in [1.82, 2.24) is 4.98 Å². The molecule has 0 aliphatic heterocycles. The molecule has 5 nitrogen and oxygen atoms in total. The van der Waals surface area contributed by atoms with Crippen LogP contribution in [0.3, 0.4) is 0 Å². The summed E-state index contributed by atoms with van der Waals surface area (Å²) >= 11 is 0. The zero-order valence-electron chi connectivity index (χ0n) is 14.0. The standard InChI is InChI=1S/C20H20N2O3/c1-15-13-25-19(22-15)20(21,17-10-6-3-7-11-17)12-18(23)24-14-16-8-4-2-5-9-16/h2-11,13H,12,14,21H2,1H3. The zero-order valence-corrected chi connectivity index (χ0v) is 14.0. The van der Waals surface area contributed by atoms with Gasteiger partial charge in [0.05, 0.1) is 12.1 Å². The monoisotopic (exact) mass is 336 g/mol. The largest absolute Gasteiger partial charge is 0.461 e. The Kier molecular flexibility index (Phi) is 4.95. The molecule has 0 aliphatic carbocycles. The number of hydrogen-bond donors (Lipinski definition) is 1. The number of benzene rings is 2. The molecule has 0 saturated carbocycles. The molecule has 2 aromatic carbocycles. The Hall–Kier alpha value is -2.92. The molecule has 25 heavy (non-hydrogen) atoms. The Morgan fingerprint density at radius 3 is 2.36 bits per heavy atom. The van der Waals surface area contributed by atoms with Crippen molar-refractivity contribution in [1.29, 1.82) is 0 Å². The van der Waals surface area contributed by atoms with Crippen LogP contribution in [0, 0.1) is 6.92 Å². The molecule has 0 aliphatic rings. The first-order valence-electron chi connectivity index (χ1n) is 8.04. The first-order chi connectivity index (χ1) is 12.1. The molecule has 5 heteroatoms. The van der Waals surface area contributed by atoms with Crippen LogP contribution in [0.1, 0.15) is 29.1 Å². The Labute approximate surface area is 146 Å². The maximum atomic E-state index is 12.4. The number of nitrogens with zero attached hydrogens (tertiary/aromatic N) is 1. The highest BCUT2D eigenvalue weighted by molar-refractivity contribution is 5.72. The number of nitrogens with two attached hydrogens (primary N) is 1. The van der Waals surface area contributed by atoms with Gasteiger partial charge in [0.1, 0.15) is 18.4 Å². The second-order valence-electron chi connectivity index (χ2n) is 5.95. The van der Waals surface area contributed by atoms with Crippen molar-refractivity contribution in [2.45, 2.75) is 25.5 Å². The van der Waals surface area contributed by atoms with Crippen LogP contribution in [0.5, 0.6) is 0 Å². The average Bonchev–Trinajstić information content (AvgIpc) is 3.09. The van der Waals surface area contributed by atoms with Crippen molar-refractivity contribution in [3.8, 4) is 0 Å². The molecule has 0 spiro atoms. The van der Waals surface area contributed by atoms with Gasteiger partial charge in [-0.25, -0.2) is 4.98 Å². The molecule has 128 valence electrons. The van der Waals surface area contributed by atoms with E-state index >= 15 is 0 Å². The lowest BCUT2D eigenvalue weighted by Gasteiger charge is -2.25. The lowest BCUT2D eigenvalue weighted by molar-refractivity contribution is -0.146. The van der Waals surface area contributed by atoms with E-state index in [0.29, 0.717) is 11.6 Å². The molecule has 3 rings (SSSR count). The smallest absolute Gasteiger partial charge is 0.308 e. The van der Waals surface area contributed by atoms with Gasteiger partial charge in [0.15, 0.2) is 0 Å². The second-order valence-corrected chi connectivity index (χ2v) is 5.95. The molecule has 1 aromatic heterocycles. The third-order valence-electron chi connectivity index (χ3n) is 3.96. The Bertz CT molecular complexity index is 830. The van der Waals surface area contributed by atoms with Crippen molar-refractivity contribution < 1.29 is 13.9 Å². The molecular formula is C20H20N2O3. The highest BCUT2D eigenvalue weighted by Crippen LogP contribution is 2.30. The number of esters is 1. The van der Waals surface area contributed by atoms with Crippen LogP contribution in [-0.4, -0.2) is 11.0 Å². The number of carbonyl (C=O) groups excluding carboxylic acids is 1. The Balaban J connectivity index is 1.79. The predicted molar refractivity (Wildman–Crippen MR) is 93.5 cm³/mol. The third-order valence-corrected chi connectivity index (χ3v) is 3.96. The first kappa shape index (κ1) is 16.9. The van der Waals surface area contributed by atoms with Crippen molar-refractivity contribution in [2.75, 3.05) is 0 Å². The summed E-state index contributed by atoms with van der Waals surface area (Å²) in [5.74, 6) is -0.112. The fourth-order valence-corrected chi connectivity index (χ4v) is 2.61. The summed E-state index contributed by atoms with van der Waals surface area (Å²) in [6, 6.07) is 18.8. The SMILES string of the molecule is Cc1coc(C(N)(CC(=O)OCc2ccccc2)c2ccccc2)n1. The van der Waals surface area contributed by atoms with Crippen LogP contribution < -0.4 is 5.73 Å². The van der Waals surface area contributed by atoms with Gasteiger partial charge in [-0.15, -0.1) is 0 Å². The minimum Gasteiger partial charge on any atom is -0.461 e. The van der Waals surface area contributed by atoms with E-state index in [0.717, 1.165) is 11.1 Å². The topological polar surface area (TPSA) is 78.3 Å². The third kappa shape index (κ3) is 3.95. The molecule has 3 aromatic rings.